The largest absolute Gasteiger partial charge is 0.418 e. The number of hydrazone groups is 1. The molecule has 0 saturated carbocycles. The van der Waals surface area contributed by atoms with Gasteiger partial charge in [0.1, 0.15) is 48.0 Å². The van der Waals surface area contributed by atoms with Crippen LogP contribution in [0.2, 0.25) is 5.02 Å². The van der Waals surface area contributed by atoms with Crippen LogP contribution >= 0.6 is 22.9 Å². The van der Waals surface area contributed by atoms with Crippen molar-refractivity contribution < 1.29 is 33.2 Å². The number of nitrogen functional groups attached to an aromatic ring is 1. The van der Waals surface area contributed by atoms with Crippen molar-refractivity contribution in [2.45, 2.75) is 49.7 Å². The van der Waals surface area contributed by atoms with Crippen molar-refractivity contribution in [3.63, 3.8) is 0 Å². The minimum absolute atomic E-state index is 0.0518. The van der Waals surface area contributed by atoms with Crippen LogP contribution in [0.25, 0.3) is 11.4 Å². The number of thiazole rings is 1. The number of benzene rings is 1. The van der Waals surface area contributed by atoms with E-state index in [0.717, 1.165) is 18.2 Å². The van der Waals surface area contributed by atoms with Crippen LogP contribution in [-0.4, -0.2) is 78.3 Å². The van der Waals surface area contributed by atoms with Crippen molar-refractivity contribution in [2.75, 3.05) is 17.2 Å². The van der Waals surface area contributed by atoms with Gasteiger partial charge in [-0.3, -0.25) is 5.43 Å². The molecule has 6 atom stereocenters. The second kappa shape index (κ2) is 9.94. The van der Waals surface area contributed by atoms with Crippen molar-refractivity contribution in [2.24, 2.45) is 5.10 Å². The summed E-state index contributed by atoms with van der Waals surface area (Å²) < 4.78 is 48.7. The fourth-order valence-corrected chi connectivity index (χ4v) is 5.24. The lowest BCUT2D eigenvalue weighted by Crippen LogP contribution is -2.60. The number of amidine groups is 1. The summed E-state index contributed by atoms with van der Waals surface area (Å²) in [7, 11) is 0. The molecule has 38 heavy (non-hydrogen) atoms. The summed E-state index contributed by atoms with van der Waals surface area (Å²) in [4.78, 5) is 5.33. The van der Waals surface area contributed by atoms with Gasteiger partial charge in [-0.2, -0.15) is 18.3 Å². The van der Waals surface area contributed by atoms with E-state index in [4.69, 9.17) is 22.1 Å². The van der Waals surface area contributed by atoms with E-state index in [-0.39, 0.29) is 16.5 Å². The molecule has 2 aromatic heterocycles. The standard InChI is InChI=1S/C21H22ClF3N8O4S/c1-8-28-30-19(33(8)13-4-9(22)2-3-10(13)21(23,24)25)18-17(36)15(16(35)14(6-34)37-18)32-5-11(29-31-32)12-7-38-20(26)27-12/h2-5,7-8,14-18,28,34-36H,6H2,1H3,(H2,26,27)/t8?,14-,15+,16+,17-,18-/m1/s1. The number of alkyl halides is 3. The molecule has 0 aliphatic carbocycles. The molecule has 1 unspecified atom stereocenters. The van der Waals surface area contributed by atoms with Gasteiger partial charge >= 0.3 is 6.18 Å². The fourth-order valence-electron chi connectivity index (χ4n) is 4.52. The monoisotopic (exact) mass is 574 g/mol. The summed E-state index contributed by atoms with van der Waals surface area (Å²) in [6.07, 6.45) is -9.74. The van der Waals surface area contributed by atoms with Gasteiger partial charge in [-0.15, -0.1) is 16.4 Å². The molecule has 2 aliphatic heterocycles. The summed E-state index contributed by atoms with van der Waals surface area (Å²) >= 11 is 7.23. The zero-order valence-corrected chi connectivity index (χ0v) is 21.1. The molecule has 4 heterocycles. The molecule has 0 spiro atoms. The summed E-state index contributed by atoms with van der Waals surface area (Å²) in [5.41, 5.74) is 7.82. The number of aromatic nitrogens is 4. The summed E-state index contributed by atoms with van der Waals surface area (Å²) in [6, 6.07) is 1.89. The van der Waals surface area contributed by atoms with E-state index >= 15 is 0 Å². The average Bonchev–Trinajstić information content (AvgIpc) is 3.59. The molecule has 0 radical (unpaired) electrons. The Balaban J connectivity index is 1.53. The van der Waals surface area contributed by atoms with Gasteiger partial charge in [0.15, 0.2) is 11.0 Å². The van der Waals surface area contributed by atoms with Crippen LogP contribution in [-0.2, 0) is 10.9 Å². The van der Waals surface area contributed by atoms with Crippen molar-refractivity contribution in [1.29, 1.82) is 0 Å². The third-order valence-corrected chi connectivity index (χ3v) is 7.18. The number of hydrogen-bond donors (Lipinski definition) is 5. The van der Waals surface area contributed by atoms with Crippen molar-refractivity contribution >= 4 is 39.6 Å². The normalized spacial score (nSPS) is 27.9. The highest BCUT2D eigenvalue weighted by Gasteiger charge is 2.51. The molecule has 6 N–H and O–H groups in total. The molecule has 204 valence electrons. The number of aliphatic hydroxyl groups excluding tert-OH is 3. The van der Waals surface area contributed by atoms with E-state index < -0.39 is 55.0 Å². The lowest BCUT2D eigenvalue weighted by atomic mass is 9.91. The minimum Gasteiger partial charge on any atom is -0.394 e. The van der Waals surface area contributed by atoms with Gasteiger partial charge in [-0.05, 0) is 25.1 Å². The lowest BCUT2D eigenvalue weighted by Gasteiger charge is -2.43. The zero-order valence-electron chi connectivity index (χ0n) is 19.5. The van der Waals surface area contributed by atoms with Gasteiger partial charge in [0.25, 0.3) is 0 Å². The first-order valence-corrected chi connectivity index (χ1v) is 12.5. The molecule has 0 bridgehead atoms. The number of rotatable bonds is 5. The molecule has 0 amide bonds. The maximum absolute atomic E-state index is 13.9. The Bertz CT molecular complexity index is 1350. The molecule has 2 aliphatic rings. The highest BCUT2D eigenvalue weighted by molar-refractivity contribution is 7.13. The predicted molar refractivity (Wildman–Crippen MR) is 131 cm³/mol. The maximum atomic E-state index is 13.9. The van der Waals surface area contributed by atoms with Crippen molar-refractivity contribution in [3.05, 3.63) is 40.4 Å². The topological polar surface area (TPSA) is 167 Å². The predicted octanol–water partition coefficient (Wildman–Crippen LogP) is 1.45. The third-order valence-electron chi connectivity index (χ3n) is 6.27. The zero-order chi connectivity index (χ0) is 27.4. The van der Waals surface area contributed by atoms with Gasteiger partial charge in [-0.25, -0.2) is 9.67 Å². The first-order chi connectivity index (χ1) is 18.0. The van der Waals surface area contributed by atoms with E-state index in [9.17, 15) is 28.5 Å². The Kier molecular flexibility index (Phi) is 6.95. The number of nitrogens with two attached hydrogens (primary N) is 1. The number of nitrogens with zero attached hydrogens (tertiary/aromatic N) is 6. The SMILES string of the molecule is CC1NN=C([C@@H]2O[C@H](CO)[C@H](O)[C@H](n3cc(-c4csc(N)n4)nn3)[C@H]2O)N1c1cc(Cl)ccc1C(F)(F)F. The van der Waals surface area contributed by atoms with E-state index in [1.54, 1.807) is 12.3 Å². The molecular weight excluding hydrogens is 553 g/mol. The van der Waals surface area contributed by atoms with Gasteiger partial charge in [0.2, 0.25) is 0 Å². The summed E-state index contributed by atoms with van der Waals surface area (Å²) in [5, 5.41) is 46.4. The first-order valence-electron chi connectivity index (χ1n) is 11.2. The van der Waals surface area contributed by atoms with Crippen LogP contribution < -0.4 is 16.1 Å². The van der Waals surface area contributed by atoms with Crippen LogP contribution in [0.1, 0.15) is 18.5 Å². The van der Waals surface area contributed by atoms with Crippen LogP contribution in [0, 0.1) is 0 Å². The Hall–Kier alpha value is -3.02. The van der Waals surface area contributed by atoms with E-state index in [2.05, 4.69) is 25.8 Å². The Labute approximate surface area is 222 Å². The second-order valence-electron chi connectivity index (χ2n) is 8.71. The number of nitrogens with one attached hydrogen (secondary N) is 1. The molecule has 5 rings (SSSR count). The number of halogens is 4. The molecule has 1 fully saturated rings. The summed E-state index contributed by atoms with van der Waals surface area (Å²) in [5.74, 6) is -0.110. The highest BCUT2D eigenvalue weighted by atomic mass is 35.5. The smallest absolute Gasteiger partial charge is 0.394 e. The van der Waals surface area contributed by atoms with Gasteiger partial charge in [0, 0.05) is 10.4 Å². The molecule has 3 aromatic rings. The molecule has 12 nitrogen and oxygen atoms in total. The fraction of sp³-hybridized carbons (Fsp3) is 0.429. The quantitative estimate of drug-likeness (QED) is 0.301. The molecular formula is C21H22ClF3N8O4S. The maximum Gasteiger partial charge on any atom is 0.418 e. The lowest BCUT2D eigenvalue weighted by molar-refractivity contribution is -0.185. The number of anilines is 2. The average molecular weight is 575 g/mol. The Morgan fingerprint density at radius 2 is 2.00 bits per heavy atom. The van der Waals surface area contributed by atoms with E-state index in [0.29, 0.717) is 16.5 Å². The van der Waals surface area contributed by atoms with Crippen LogP contribution in [0.3, 0.4) is 0 Å². The Morgan fingerprint density at radius 1 is 1.24 bits per heavy atom. The number of hydrogen-bond acceptors (Lipinski definition) is 12. The minimum atomic E-state index is -4.72. The van der Waals surface area contributed by atoms with Crippen molar-refractivity contribution in [3.8, 4) is 11.4 Å². The molecule has 1 saturated heterocycles. The second-order valence-corrected chi connectivity index (χ2v) is 10.0. The van der Waals surface area contributed by atoms with Crippen molar-refractivity contribution in [1.82, 2.24) is 25.4 Å². The van der Waals surface area contributed by atoms with Gasteiger partial charge in [0.05, 0.1) is 24.1 Å². The van der Waals surface area contributed by atoms with Crippen LogP contribution in [0.15, 0.2) is 34.9 Å². The highest BCUT2D eigenvalue weighted by Crippen LogP contribution is 2.41. The van der Waals surface area contributed by atoms with Gasteiger partial charge < -0.3 is 30.7 Å². The van der Waals surface area contributed by atoms with E-state index in [1.807, 2.05) is 0 Å². The first kappa shape index (κ1) is 26.6. The number of ether oxygens (including phenoxy) is 1. The molecule has 17 heteroatoms. The van der Waals surface area contributed by atoms with Crippen LogP contribution in [0.5, 0.6) is 0 Å². The Morgan fingerprint density at radius 3 is 2.66 bits per heavy atom. The summed E-state index contributed by atoms with van der Waals surface area (Å²) in [6.45, 7) is 0.901. The van der Waals surface area contributed by atoms with Crippen LogP contribution in [0.4, 0.5) is 24.0 Å². The number of aliphatic hydroxyl groups is 3. The van der Waals surface area contributed by atoms with Gasteiger partial charge in [-0.1, -0.05) is 16.8 Å². The third kappa shape index (κ3) is 4.67. The van der Waals surface area contributed by atoms with E-state index in [1.165, 1.54) is 27.1 Å². The molecule has 1 aromatic carbocycles.